The number of methoxy groups -OCH3 is 1. The SMILES string of the molecule is CCCOc1nc(NN)nc(N2CCC(COC)CC2)n1. The minimum Gasteiger partial charge on any atom is -0.463 e. The average Bonchev–Trinajstić information content (AvgIpc) is 2.53. The highest BCUT2D eigenvalue weighted by molar-refractivity contribution is 5.38. The molecule has 2 heterocycles. The van der Waals surface area contributed by atoms with Gasteiger partial charge in [-0.3, -0.25) is 5.43 Å². The molecule has 1 fully saturated rings. The number of anilines is 2. The van der Waals surface area contributed by atoms with Crippen molar-refractivity contribution in [2.45, 2.75) is 26.2 Å². The molecule has 8 nitrogen and oxygen atoms in total. The lowest BCUT2D eigenvalue weighted by molar-refractivity contribution is 0.139. The van der Waals surface area contributed by atoms with Crippen molar-refractivity contribution in [3.8, 4) is 6.01 Å². The summed E-state index contributed by atoms with van der Waals surface area (Å²) in [6, 6.07) is 0.314. The van der Waals surface area contributed by atoms with E-state index in [2.05, 4.69) is 25.3 Å². The Hall–Kier alpha value is -1.67. The summed E-state index contributed by atoms with van der Waals surface area (Å²) in [5.74, 6) is 6.96. The Morgan fingerprint density at radius 1 is 1.29 bits per heavy atom. The van der Waals surface area contributed by atoms with E-state index in [0.29, 0.717) is 30.4 Å². The molecule has 0 aliphatic carbocycles. The van der Waals surface area contributed by atoms with Gasteiger partial charge in [0.25, 0.3) is 0 Å². The van der Waals surface area contributed by atoms with E-state index >= 15 is 0 Å². The molecular weight excluding hydrogens is 272 g/mol. The zero-order valence-electron chi connectivity index (χ0n) is 12.7. The molecule has 1 aliphatic heterocycles. The second kappa shape index (κ2) is 7.94. The lowest BCUT2D eigenvalue weighted by Gasteiger charge is -2.31. The van der Waals surface area contributed by atoms with E-state index in [1.54, 1.807) is 7.11 Å². The Kier molecular flexibility index (Phi) is 5.94. The van der Waals surface area contributed by atoms with Crippen molar-refractivity contribution >= 4 is 11.9 Å². The van der Waals surface area contributed by atoms with Crippen LogP contribution in [0.4, 0.5) is 11.9 Å². The molecule has 2 rings (SSSR count). The van der Waals surface area contributed by atoms with Gasteiger partial charge in [0.1, 0.15) is 0 Å². The van der Waals surface area contributed by atoms with Crippen molar-refractivity contribution in [1.82, 2.24) is 15.0 Å². The number of hydrogen-bond acceptors (Lipinski definition) is 8. The summed E-state index contributed by atoms with van der Waals surface area (Å²) in [6.07, 6.45) is 3.03. The fourth-order valence-corrected chi connectivity index (χ4v) is 2.35. The predicted octanol–water partition coefficient (Wildman–Crippen LogP) is 0.809. The van der Waals surface area contributed by atoms with E-state index in [0.717, 1.165) is 39.0 Å². The molecule has 118 valence electrons. The third kappa shape index (κ3) is 4.40. The number of ether oxygens (including phenoxy) is 2. The van der Waals surface area contributed by atoms with E-state index in [-0.39, 0.29) is 0 Å². The van der Waals surface area contributed by atoms with Crippen LogP contribution in [-0.2, 0) is 4.74 Å². The van der Waals surface area contributed by atoms with Crippen LogP contribution in [0.1, 0.15) is 26.2 Å². The van der Waals surface area contributed by atoms with Gasteiger partial charge in [-0.2, -0.15) is 15.0 Å². The number of piperidine rings is 1. The Labute approximate surface area is 125 Å². The zero-order chi connectivity index (χ0) is 15.1. The number of aromatic nitrogens is 3. The maximum Gasteiger partial charge on any atom is 0.323 e. The summed E-state index contributed by atoms with van der Waals surface area (Å²) in [5, 5.41) is 0. The lowest BCUT2D eigenvalue weighted by atomic mass is 9.98. The number of hydrazine groups is 1. The van der Waals surface area contributed by atoms with E-state index in [1.165, 1.54) is 0 Å². The van der Waals surface area contributed by atoms with Crippen LogP contribution in [-0.4, -0.2) is 48.4 Å². The minimum atomic E-state index is 0.314. The first-order valence-corrected chi connectivity index (χ1v) is 7.36. The molecule has 0 radical (unpaired) electrons. The molecule has 0 aromatic carbocycles. The topological polar surface area (TPSA) is 98.4 Å². The summed E-state index contributed by atoms with van der Waals surface area (Å²) in [6.45, 7) is 5.21. The van der Waals surface area contributed by atoms with Crippen LogP contribution in [0.25, 0.3) is 0 Å². The highest BCUT2D eigenvalue weighted by Gasteiger charge is 2.22. The molecule has 0 atom stereocenters. The normalized spacial score (nSPS) is 16.0. The average molecular weight is 296 g/mol. The minimum absolute atomic E-state index is 0.314. The molecule has 1 aliphatic rings. The molecular formula is C13H24N6O2. The maximum absolute atomic E-state index is 5.48. The van der Waals surface area contributed by atoms with Crippen LogP contribution >= 0.6 is 0 Å². The number of nitrogen functional groups attached to an aromatic ring is 1. The van der Waals surface area contributed by atoms with E-state index in [1.807, 2.05) is 6.92 Å². The molecule has 0 saturated carbocycles. The van der Waals surface area contributed by atoms with Gasteiger partial charge in [-0.15, -0.1) is 0 Å². The molecule has 1 aromatic heterocycles. The molecule has 0 bridgehead atoms. The number of nitrogens with one attached hydrogen (secondary N) is 1. The summed E-state index contributed by atoms with van der Waals surface area (Å²) >= 11 is 0. The molecule has 8 heteroatoms. The number of nitrogens with two attached hydrogens (primary N) is 1. The van der Waals surface area contributed by atoms with E-state index in [9.17, 15) is 0 Å². The van der Waals surface area contributed by atoms with Gasteiger partial charge >= 0.3 is 6.01 Å². The standard InChI is InChI=1S/C13H24N6O2/c1-3-8-21-13-16-11(18-14)15-12(17-13)19-6-4-10(5-7-19)9-20-2/h10H,3-9,14H2,1-2H3,(H,15,16,17,18). The number of hydrogen-bond donors (Lipinski definition) is 2. The monoisotopic (exact) mass is 296 g/mol. The van der Waals surface area contributed by atoms with Crippen LogP contribution in [0.5, 0.6) is 6.01 Å². The lowest BCUT2D eigenvalue weighted by Crippen LogP contribution is -2.36. The van der Waals surface area contributed by atoms with Crippen LogP contribution in [0, 0.1) is 5.92 Å². The first-order chi connectivity index (χ1) is 10.3. The third-order valence-corrected chi connectivity index (χ3v) is 3.47. The fourth-order valence-electron chi connectivity index (χ4n) is 2.35. The van der Waals surface area contributed by atoms with Gasteiger partial charge in [0, 0.05) is 26.8 Å². The molecule has 3 N–H and O–H groups in total. The molecule has 0 spiro atoms. The van der Waals surface area contributed by atoms with Crippen molar-refractivity contribution in [2.24, 2.45) is 11.8 Å². The smallest absolute Gasteiger partial charge is 0.323 e. The quantitative estimate of drug-likeness (QED) is 0.563. The van der Waals surface area contributed by atoms with E-state index < -0.39 is 0 Å². The number of rotatable bonds is 7. The predicted molar refractivity (Wildman–Crippen MR) is 80.2 cm³/mol. The van der Waals surface area contributed by atoms with Gasteiger partial charge in [-0.1, -0.05) is 6.92 Å². The maximum atomic E-state index is 5.48. The second-order valence-corrected chi connectivity index (χ2v) is 5.12. The summed E-state index contributed by atoms with van der Waals surface area (Å²) in [5.41, 5.74) is 2.46. The van der Waals surface area contributed by atoms with Crippen molar-refractivity contribution < 1.29 is 9.47 Å². The van der Waals surface area contributed by atoms with Gasteiger partial charge in [-0.05, 0) is 25.2 Å². The highest BCUT2D eigenvalue weighted by Crippen LogP contribution is 2.22. The molecule has 0 unspecified atom stereocenters. The third-order valence-electron chi connectivity index (χ3n) is 3.47. The first-order valence-electron chi connectivity index (χ1n) is 7.36. The highest BCUT2D eigenvalue weighted by atomic mass is 16.5. The first kappa shape index (κ1) is 15.7. The Balaban J connectivity index is 2.04. The molecule has 1 aromatic rings. The largest absolute Gasteiger partial charge is 0.463 e. The van der Waals surface area contributed by atoms with Gasteiger partial charge in [0.15, 0.2) is 0 Å². The van der Waals surface area contributed by atoms with Gasteiger partial charge in [0.05, 0.1) is 6.61 Å². The Morgan fingerprint density at radius 2 is 2.05 bits per heavy atom. The second-order valence-electron chi connectivity index (χ2n) is 5.12. The number of nitrogens with zero attached hydrogens (tertiary/aromatic N) is 4. The Morgan fingerprint density at radius 3 is 2.67 bits per heavy atom. The summed E-state index contributed by atoms with van der Waals surface area (Å²) < 4.78 is 10.7. The zero-order valence-corrected chi connectivity index (χ0v) is 12.7. The van der Waals surface area contributed by atoms with Crippen LogP contribution < -0.4 is 20.9 Å². The van der Waals surface area contributed by atoms with E-state index in [4.69, 9.17) is 15.3 Å². The fraction of sp³-hybridized carbons (Fsp3) is 0.769. The summed E-state index contributed by atoms with van der Waals surface area (Å²) in [4.78, 5) is 14.9. The van der Waals surface area contributed by atoms with Crippen molar-refractivity contribution in [2.75, 3.05) is 43.7 Å². The van der Waals surface area contributed by atoms with Crippen LogP contribution in [0.2, 0.25) is 0 Å². The Bertz CT molecular complexity index is 437. The van der Waals surface area contributed by atoms with Gasteiger partial charge in [-0.25, -0.2) is 5.84 Å². The van der Waals surface area contributed by atoms with Crippen molar-refractivity contribution in [3.05, 3.63) is 0 Å². The molecule has 0 amide bonds. The molecule has 1 saturated heterocycles. The van der Waals surface area contributed by atoms with Crippen molar-refractivity contribution in [1.29, 1.82) is 0 Å². The van der Waals surface area contributed by atoms with Crippen LogP contribution in [0.3, 0.4) is 0 Å². The van der Waals surface area contributed by atoms with Gasteiger partial charge < -0.3 is 14.4 Å². The van der Waals surface area contributed by atoms with Crippen LogP contribution in [0.15, 0.2) is 0 Å². The summed E-state index contributed by atoms with van der Waals surface area (Å²) in [7, 11) is 1.74. The van der Waals surface area contributed by atoms with Gasteiger partial charge in [0.2, 0.25) is 11.9 Å². The van der Waals surface area contributed by atoms with Crippen molar-refractivity contribution in [3.63, 3.8) is 0 Å². The molecule has 21 heavy (non-hydrogen) atoms.